The molecular formula is C22H28N4O2. The lowest BCUT2D eigenvalue weighted by Gasteiger charge is -2.14. The highest BCUT2D eigenvalue weighted by molar-refractivity contribution is 5.89. The van der Waals surface area contributed by atoms with Crippen molar-refractivity contribution < 1.29 is 9.59 Å². The van der Waals surface area contributed by atoms with Gasteiger partial charge in [-0.1, -0.05) is 12.1 Å². The highest BCUT2D eigenvalue weighted by Gasteiger charge is 2.33. The summed E-state index contributed by atoms with van der Waals surface area (Å²) in [6, 6.07) is 16.2. The molecule has 6 nitrogen and oxygen atoms in total. The van der Waals surface area contributed by atoms with Crippen molar-refractivity contribution in [1.82, 2.24) is 10.2 Å². The smallest absolute Gasteiger partial charge is 0.225 e. The summed E-state index contributed by atoms with van der Waals surface area (Å²) in [7, 11) is 4.04. The van der Waals surface area contributed by atoms with E-state index in [1.165, 1.54) is 0 Å². The Balaban J connectivity index is 1.50. The molecule has 1 aliphatic rings. The molecule has 3 rings (SSSR count). The molecule has 2 aromatic carbocycles. The SMILES string of the molecule is CCN1CC(C(=O)NCc2ccc(Nc3ccc(N(C)C)cc3)cc2)CC1=O. The molecule has 6 heteroatoms. The number of nitrogens with zero attached hydrogens (tertiary/aromatic N) is 2. The van der Waals surface area contributed by atoms with Gasteiger partial charge in [0.25, 0.3) is 0 Å². The van der Waals surface area contributed by atoms with E-state index in [9.17, 15) is 9.59 Å². The second-order valence-electron chi connectivity index (χ2n) is 7.31. The van der Waals surface area contributed by atoms with Gasteiger partial charge in [-0.2, -0.15) is 0 Å². The molecule has 28 heavy (non-hydrogen) atoms. The zero-order valence-electron chi connectivity index (χ0n) is 16.7. The zero-order chi connectivity index (χ0) is 20.1. The monoisotopic (exact) mass is 380 g/mol. The van der Waals surface area contributed by atoms with Gasteiger partial charge < -0.3 is 20.4 Å². The summed E-state index contributed by atoms with van der Waals surface area (Å²) in [5, 5.41) is 6.32. The van der Waals surface area contributed by atoms with Gasteiger partial charge in [-0.25, -0.2) is 0 Å². The molecular weight excluding hydrogens is 352 g/mol. The topological polar surface area (TPSA) is 64.7 Å². The molecule has 0 saturated carbocycles. The molecule has 1 heterocycles. The van der Waals surface area contributed by atoms with Gasteiger partial charge in [-0.05, 0) is 48.9 Å². The average molecular weight is 380 g/mol. The Hall–Kier alpha value is -3.02. The molecule has 1 saturated heterocycles. The Labute approximate surface area is 166 Å². The fourth-order valence-corrected chi connectivity index (χ4v) is 3.30. The third-order valence-corrected chi connectivity index (χ3v) is 5.06. The van der Waals surface area contributed by atoms with Gasteiger partial charge in [0.05, 0.1) is 5.92 Å². The van der Waals surface area contributed by atoms with Crippen LogP contribution >= 0.6 is 0 Å². The maximum absolute atomic E-state index is 12.3. The summed E-state index contributed by atoms with van der Waals surface area (Å²) >= 11 is 0. The van der Waals surface area contributed by atoms with Gasteiger partial charge in [-0.3, -0.25) is 9.59 Å². The van der Waals surface area contributed by atoms with Crippen molar-refractivity contribution in [3.8, 4) is 0 Å². The lowest BCUT2D eigenvalue weighted by atomic mass is 10.1. The molecule has 1 unspecified atom stereocenters. The minimum Gasteiger partial charge on any atom is -0.378 e. The first kappa shape index (κ1) is 19.7. The van der Waals surface area contributed by atoms with Crippen molar-refractivity contribution in [1.29, 1.82) is 0 Å². The van der Waals surface area contributed by atoms with E-state index >= 15 is 0 Å². The largest absolute Gasteiger partial charge is 0.378 e. The standard InChI is InChI=1S/C22H28N4O2/c1-4-26-15-17(13-21(26)27)22(28)23-14-16-5-7-18(8-6-16)24-19-9-11-20(12-10-19)25(2)3/h5-12,17,24H,4,13-15H2,1-3H3,(H,23,28). The van der Waals surface area contributed by atoms with Crippen molar-refractivity contribution in [2.45, 2.75) is 19.9 Å². The number of rotatable bonds is 7. The van der Waals surface area contributed by atoms with Crippen LogP contribution in [0.15, 0.2) is 48.5 Å². The van der Waals surface area contributed by atoms with Crippen LogP contribution in [0.2, 0.25) is 0 Å². The number of anilines is 3. The van der Waals surface area contributed by atoms with Crippen LogP contribution in [-0.4, -0.2) is 43.9 Å². The van der Waals surface area contributed by atoms with Gasteiger partial charge in [-0.15, -0.1) is 0 Å². The molecule has 0 bridgehead atoms. The molecule has 2 amide bonds. The van der Waals surface area contributed by atoms with Gasteiger partial charge in [0.15, 0.2) is 0 Å². The Morgan fingerprint density at radius 3 is 2.21 bits per heavy atom. The molecule has 1 atom stereocenters. The summed E-state index contributed by atoms with van der Waals surface area (Å²) in [4.78, 5) is 27.9. The number of carbonyl (C=O) groups excluding carboxylic acids is 2. The minimum absolute atomic E-state index is 0.0486. The lowest BCUT2D eigenvalue weighted by molar-refractivity contribution is -0.128. The number of nitrogens with one attached hydrogen (secondary N) is 2. The van der Waals surface area contributed by atoms with Crippen LogP contribution in [0, 0.1) is 5.92 Å². The van der Waals surface area contributed by atoms with Crippen molar-refractivity contribution in [3.05, 3.63) is 54.1 Å². The molecule has 0 aliphatic carbocycles. The van der Waals surface area contributed by atoms with E-state index in [-0.39, 0.29) is 17.7 Å². The predicted octanol–water partition coefficient (Wildman–Crippen LogP) is 2.98. The van der Waals surface area contributed by atoms with Crippen LogP contribution in [0.5, 0.6) is 0 Å². The Kier molecular flexibility index (Phi) is 6.19. The third kappa shape index (κ3) is 4.82. The zero-order valence-corrected chi connectivity index (χ0v) is 16.7. The van der Waals surface area contributed by atoms with Gasteiger partial charge in [0.2, 0.25) is 11.8 Å². The molecule has 0 aromatic heterocycles. The number of benzene rings is 2. The number of carbonyl (C=O) groups is 2. The lowest BCUT2D eigenvalue weighted by Crippen LogP contribution is -2.32. The molecule has 0 spiro atoms. The van der Waals surface area contributed by atoms with E-state index in [2.05, 4.69) is 27.7 Å². The highest BCUT2D eigenvalue weighted by Crippen LogP contribution is 2.21. The Morgan fingerprint density at radius 1 is 1.07 bits per heavy atom. The normalized spacial score (nSPS) is 16.2. The predicted molar refractivity (Wildman–Crippen MR) is 113 cm³/mol. The van der Waals surface area contributed by atoms with Crippen molar-refractivity contribution in [2.24, 2.45) is 5.92 Å². The van der Waals surface area contributed by atoms with E-state index in [4.69, 9.17) is 0 Å². The average Bonchev–Trinajstić information content (AvgIpc) is 3.08. The molecule has 1 fully saturated rings. The van der Waals surface area contributed by atoms with E-state index in [1.807, 2.05) is 57.4 Å². The van der Waals surface area contributed by atoms with Gasteiger partial charge in [0, 0.05) is 57.2 Å². The van der Waals surface area contributed by atoms with E-state index < -0.39 is 0 Å². The van der Waals surface area contributed by atoms with Crippen LogP contribution < -0.4 is 15.5 Å². The summed E-state index contributed by atoms with van der Waals surface area (Å²) < 4.78 is 0. The maximum atomic E-state index is 12.3. The summed E-state index contributed by atoms with van der Waals surface area (Å²) in [6.45, 7) is 3.59. The number of likely N-dealkylation sites (tertiary alicyclic amines) is 1. The molecule has 1 aliphatic heterocycles. The third-order valence-electron chi connectivity index (χ3n) is 5.06. The minimum atomic E-state index is -0.237. The fourth-order valence-electron chi connectivity index (χ4n) is 3.30. The second-order valence-corrected chi connectivity index (χ2v) is 7.31. The van der Waals surface area contributed by atoms with Crippen LogP contribution in [-0.2, 0) is 16.1 Å². The summed E-state index contributed by atoms with van der Waals surface area (Å²) in [6.07, 6.45) is 0.315. The number of amides is 2. The molecule has 2 N–H and O–H groups in total. The van der Waals surface area contributed by atoms with Crippen molar-refractivity contribution in [3.63, 3.8) is 0 Å². The first-order chi connectivity index (χ1) is 13.5. The fraction of sp³-hybridized carbons (Fsp3) is 0.364. The van der Waals surface area contributed by atoms with Gasteiger partial charge in [0.1, 0.15) is 0 Å². The quantitative estimate of drug-likeness (QED) is 0.775. The summed E-state index contributed by atoms with van der Waals surface area (Å²) in [5.41, 5.74) is 4.20. The molecule has 148 valence electrons. The van der Waals surface area contributed by atoms with Crippen molar-refractivity contribution >= 4 is 28.9 Å². The first-order valence-corrected chi connectivity index (χ1v) is 9.65. The summed E-state index contributed by atoms with van der Waals surface area (Å²) in [5.74, 6) is -0.220. The van der Waals surface area contributed by atoms with Crippen molar-refractivity contribution in [2.75, 3.05) is 37.4 Å². The van der Waals surface area contributed by atoms with Gasteiger partial charge >= 0.3 is 0 Å². The molecule has 0 radical (unpaired) electrons. The van der Waals surface area contributed by atoms with E-state index in [0.717, 1.165) is 22.6 Å². The first-order valence-electron chi connectivity index (χ1n) is 9.65. The number of hydrogen-bond acceptors (Lipinski definition) is 4. The van der Waals surface area contributed by atoms with Crippen LogP contribution in [0.1, 0.15) is 18.9 Å². The second kappa shape index (κ2) is 8.78. The van der Waals surface area contributed by atoms with E-state index in [0.29, 0.717) is 26.1 Å². The molecule has 2 aromatic rings. The van der Waals surface area contributed by atoms with Crippen LogP contribution in [0.3, 0.4) is 0 Å². The van der Waals surface area contributed by atoms with Crippen LogP contribution in [0.4, 0.5) is 17.1 Å². The Bertz CT molecular complexity index is 815. The highest BCUT2D eigenvalue weighted by atomic mass is 16.2. The van der Waals surface area contributed by atoms with E-state index in [1.54, 1.807) is 4.90 Å². The Morgan fingerprint density at radius 2 is 1.68 bits per heavy atom. The number of hydrogen-bond donors (Lipinski definition) is 2. The maximum Gasteiger partial charge on any atom is 0.225 e. The van der Waals surface area contributed by atoms with Crippen LogP contribution in [0.25, 0.3) is 0 Å².